The van der Waals surface area contributed by atoms with Crippen molar-refractivity contribution in [2.75, 3.05) is 37.0 Å². The zero-order valence-corrected chi connectivity index (χ0v) is 81.5. The van der Waals surface area contributed by atoms with Gasteiger partial charge in [0.05, 0.1) is 47.4 Å². The molecule has 4 aromatic heterocycles. The van der Waals surface area contributed by atoms with Gasteiger partial charge >= 0.3 is 5.97 Å². The molecule has 2 aliphatic heterocycles. The highest BCUT2D eigenvalue weighted by Gasteiger charge is 2.28. The summed E-state index contributed by atoms with van der Waals surface area (Å²) in [5, 5.41) is 37.9. The smallest absolute Gasteiger partial charge is 0.333 e. The summed E-state index contributed by atoms with van der Waals surface area (Å²) in [6, 6.07) is 7.04. The maximum atomic E-state index is 11.3. The van der Waals surface area contributed by atoms with Gasteiger partial charge in [-0.3, -0.25) is 68.2 Å². The lowest BCUT2D eigenvalue weighted by atomic mass is 9.90. The number of H-pyrrole nitrogens is 2. The van der Waals surface area contributed by atoms with E-state index in [1.165, 1.54) is 72.5 Å². The number of esters is 1. The summed E-state index contributed by atoms with van der Waals surface area (Å²) in [7, 11) is -10.9. The van der Waals surface area contributed by atoms with Crippen LogP contribution in [0.3, 0.4) is 0 Å². The molecule has 6 amide bonds. The van der Waals surface area contributed by atoms with Crippen LogP contribution in [-0.2, 0) is 94.2 Å². The molecular weight excluding hydrogens is 1640 g/mol. The number of aryl methyl sites for hydroxylation is 1. The van der Waals surface area contributed by atoms with Crippen molar-refractivity contribution < 1.29 is 91.0 Å². The van der Waals surface area contributed by atoms with Crippen molar-refractivity contribution >= 4 is 105 Å². The molecule has 0 bridgehead atoms. The molecule has 6 rings (SSSR count). The van der Waals surface area contributed by atoms with E-state index in [9.17, 15) is 72.3 Å². The summed E-state index contributed by atoms with van der Waals surface area (Å²) < 4.78 is 109. The molecule has 0 aliphatic carbocycles. The summed E-state index contributed by atoms with van der Waals surface area (Å²) in [6.07, 6.45) is 7.30. The number of nitrogens with zero attached hydrogens (tertiary/aromatic N) is 9. The van der Waals surface area contributed by atoms with E-state index in [0.717, 1.165) is 42.0 Å². The van der Waals surface area contributed by atoms with Crippen LogP contribution in [0.25, 0.3) is 0 Å². The fourth-order valence-corrected chi connectivity index (χ4v) is 7.65. The Morgan fingerprint density at radius 2 is 1.13 bits per heavy atom. The Kier molecular flexibility index (Phi) is 54.0. The highest BCUT2D eigenvalue weighted by atomic mass is 32.2. The Labute approximate surface area is 714 Å². The Bertz CT molecular complexity index is 4390. The molecule has 0 saturated carbocycles. The molecule has 120 heavy (non-hydrogen) atoms. The van der Waals surface area contributed by atoms with Crippen LogP contribution in [0.2, 0.25) is 0 Å². The molecule has 11 N–H and O–H groups in total. The number of sulfonamides is 3. The lowest BCUT2D eigenvalue weighted by molar-refractivity contribution is -0.136. The summed E-state index contributed by atoms with van der Waals surface area (Å²) in [6.45, 7) is 70.2. The standard InChI is InChI=1S/C9H15N.C8H12N2O2S.C8H13NO.C8H14O3.C7H12N2O.C7H13NO2.C6H11N5O.C6H11N3.C6H13NO3S.C5H11NO3S.C5H11NO.C3H8O3S/c1-7-5-8(10-6-7)9(2,3)4;1-7(2)13(11,12)10-8-5-3-4-6-9-8;1-6-5-7(10-9-6)8(2,3)4;1-8(2,3)6(9)5-7(10)11-4;1-5-8-6(9-10-5)7(2,3)4;1-5(9)8-6(10)7(2,3)4;1-6(2,3)4(12)7-5-8-10-11-9-5;1-6(2,3)5-7-4-8-9-5;1-6(2,3)5(8)7-11(4,9)10;1-4(2)10(8,9)6-5(3)7;1-4(2)5(7)6-3;1-3(2)7(4,5)6/h5H,6H2,1-4H3;3-7H,1-2H3,(H,9,10);5H,1-4H3;5,9H,1-4H3;1H2,2-4H3,(H,8,9);1-4H3,(H,8,9,10);1-3H3,(H2,7,8,9,10,11,12);4H,1-3H3,(H,7,8,9);1-4H3,(H,7,8);4H,1-3H3,(H,6,7);4H,1-3H3,(H,6,7);3H,1-2H3,(H,4,5,6). The number of anilines is 2. The number of amides is 6. The molecule has 690 valence electrons. The molecular formula is C78H144N18O20S4. The lowest BCUT2D eigenvalue weighted by Crippen LogP contribution is -2.38. The van der Waals surface area contributed by atoms with Crippen LogP contribution in [0, 0.1) is 45.3 Å². The largest absolute Gasteiger partial charge is 0.511 e. The van der Waals surface area contributed by atoms with E-state index in [1.807, 2.05) is 77.8 Å². The first-order chi connectivity index (χ1) is 53.4. The molecule has 0 radical (unpaired) electrons. The van der Waals surface area contributed by atoms with Crippen molar-refractivity contribution in [2.45, 2.75) is 276 Å². The number of hydrogen-bond donors (Lipinski definition) is 11. The highest BCUT2D eigenvalue weighted by molar-refractivity contribution is 7.93. The molecule has 0 unspecified atom stereocenters. The predicted octanol–water partition coefficient (Wildman–Crippen LogP) is 11.7. The Morgan fingerprint density at radius 1 is 0.642 bits per heavy atom. The Hall–Kier alpha value is -9.42. The van der Waals surface area contributed by atoms with E-state index in [1.54, 1.807) is 80.6 Å². The van der Waals surface area contributed by atoms with Crippen LogP contribution in [0.5, 0.6) is 0 Å². The Morgan fingerprint density at radius 3 is 1.34 bits per heavy atom. The molecule has 6 heterocycles. The predicted molar refractivity (Wildman–Crippen MR) is 471 cm³/mol. The quantitative estimate of drug-likeness (QED) is 0.0304. The molecule has 4 aromatic rings. The van der Waals surface area contributed by atoms with Crippen LogP contribution in [-0.4, -0.2) is 185 Å². The van der Waals surface area contributed by atoms with Gasteiger partial charge in [0.2, 0.25) is 71.4 Å². The molecule has 0 aromatic carbocycles. The van der Waals surface area contributed by atoms with E-state index in [4.69, 9.17) is 13.9 Å². The van der Waals surface area contributed by atoms with Gasteiger partial charge in [-0.2, -0.15) is 23.7 Å². The normalized spacial score (nSPS) is 12.8. The number of aliphatic imine (C=N–C) groups is 2. The van der Waals surface area contributed by atoms with Crippen LogP contribution < -0.4 is 35.6 Å². The lowest BCUT2D eigenvalue weighted by Gasteiger charge is -2.16. The number of aromatic nitrogens is 9. The number of hydrogen-bond acceptors (Lipinski definition) is 29. The SMILES string of the molecule is C=C1N=C(C(C)(C)C)NO1.CC(=O)NC(=O)C(C)(C)C.CC(=O)NS(=O)(=O)C(C)C.CC(C)(C)C(=O)NS(C)(=O)=O.CC(C)(C)C(=O)Nc1nn[nH]n1.CC(C)(C)c1ncn[nH]1.CC(C)S(=O)(=O)Nc1ccccn1.CC(C)S(=O)(=O)O.CC1=CC(C(C)(C)C)=NC1.CNC(=O)C(C)C.COC(=O)C=C(O)C(C)(C)C.Cc1cc(C(C)(C)C)on1. The number of methoxy groups -OCH3 is 1. The number of imide groups is 1. The zero-order valence-electron chi connectivity index (χ0n) is 78.2. The summed E-state index contributed by atoms with van der Waals surface area (Å²) in [5.41, 5.74) is 4.71. The third-order valence-electron chi connectivity index (χ3n) is 13.6. The van der Waals surface area contributed by atoms with Crippen molar-refractivity contribution in [2.24, 2.45) is 48.4 Å². The van der Waals surface area contributed by atoms with Gasteiger partial charge in [-0.1, -0.05) is 202 Å². The fourth-order valence-electron chi connectivity index (χ4n) is 5.72. The number of ether oxygens (including phenoxy) is 1. The minimum atomic E-state index is -3.74. The summed E-state index contributed by atoms with van der Waals surface area (Å²) >= 11 is 0. The van der Waals surface area contributed by atoms with Crippen molar-refractivity contribution in [3.8, 4) is 0 Å². The van der Waals surface area contributed by atoms with Gasteiger partial charge in [0.1, 0.15) is 35.3 Å². The van der Waals surface area contributed by atoms with Crippen LogP contribution in [0.1, 0.15) is 260 Å². The van der Waals surface area contributed by atoms with E-state index >= 15 is 0 Å². The molecule has 0 spiro atoms. The maximum absolute atomic E-state index is 11.3. The number of aliphatic hydroxyl groups excluding tert-OH is 1. The number of carbonyl (C=O) groups is 7. The number of aromatic amines is 2. The van der Waals surface area contributed by atoms with E-state index in [0.29, 0.717) is 11.7 Å². The van der Waals surface area contributed by atoms with Crippen molar-refractivity contribution in [3.05, 3.63) is 90.0 Å². The minimum Gasteiger partial charge on any atom is -0.511 e. The summed E-state index contributed by atoms with van der Waals surface area (Å²) in [5.74, 6) is 1.71. The summed E-state index contributed by atoms with van der Waals surface area (Å²) in [4.78, 5) is 96.1. The maximum Gasteiger partial charge on any atom is 0.333 e. The number of amidine groups is 1. The van der Waals surface area contributed by atoms with Crippen molar-refractivity contribution in [1.29, 1.82) is 0 Å². The third-order valence-corrected chi connectivity index (χ3v) is 18.9. The van der Waals surface area contributed by atoms with Gasteiger partial charge in [0.25, 0.3) is 16.1 Å². The van der Waals surface area contributed by atoms with Crippen molar-refractivity contribution in [3.63, 3.8) is 0 Å². The van der Waals surface area contributed by atoms with E-state index < -0.39 is 95.4 Å². The number of aliphatic hydroxyl groups is 1. The molecule has 42 heteroatoms. The number of nitrogens with one attached hydrogen (secondary N) is 9. The molecule has 0 atom stereocenters. The second kappa shape index (κ2) is 53.4. The minimum absolute atomic E-state index is 0.0133. The number of hydroxylamine groups is 1. The number of carbonyl (C=O) groups excluding carboxylic acids is 7. The van der Waals surface area contributed by atoms with Gasteiger partial charge in [-0.25, -0.2) is 45.5 Å². The Balaban J connectivity index is -0.000000296. The monoisotopic (exact) mass is 1780 g/mol. The first kappa shape index (κ1) is 121. The molecule has 0 saturated heterocycles. The van der Waals surface area contributed by atoms with Gasteiger partial charge in [0, 0.05) is 88.1 Å². The fraction of sp³-hybridized carbons (Fsp3) is 0.667. The first-order valence-corrected chi connectivity index (χ1v) is 44.2. The molecule has 2 aliphatic rings. The van der Waals surface area contributed by atoms with E-state index in [2.05, 4.69) is 189 Å². The first-order valence-electron chi connectivity index (χ1n) is 37.7. The van der Waals surface area contributed by atoms with Crippen LogP contribution in [0.15, 0.2) is 87.2 Å². The third kappa shape index (κ3) is 63.6. The van der Waals surface area contributed by atoms with Gasteiger partial charge in [-0.15, -0.1) is 5.10 Å². The zero-order chi connectivity index (χ0) is 96.3. The van der Waals surface area contributed by atoms with E-state index in [-0.39, 0.29) is 62.9 Å². The van der Waals surface area contributed by atoms with Gasteiger partial charge < -0.3 is 24.5 Å². The van der Waals surface area contributed by atoms with Gasteiger partial charge in [0.15, 0.2) is 0 Å². The average Bonchev–Trinajstić information content (AvgIpc) is 1.74. The van der Waals surface area contributed by atoms with Crippen LogP contribution in [0.4, 0.5) is 11.8 Å². The second-order valence-electron chi connectivity index (χ2n) is 35.9. The van der Waals surface area contributed by atoms with Crippen molar-refractivity contribution in [1.82, 2.24) is 71.5 Å². The average molecular weight is 1780 g/mol. The molecule has 0 fully saturated rings. The number of allylic oxidation sites excluding steroid dienone is 2. The number of pyridine rings is 1. The topological polar surface area (TPSA) is 559 Å². The number of tetrazole rings is 1. The second-order valence-corrected chi connectivity index (χ2v) is 44.1. The number of rotatable bonds is 10. The van der Waals surface area contributed by atoms with Gasteiger partial charge in [-0.05, 0) is 85.4 Å². The molecule has 38 nitrogen and oxygen atoms in total. The highest BCUT2D eigenvalue weighted by Crippen LogP contribution is 2.25. The van der Waals surface area contributed by atoms with Crippen LogP contribution >= 0.6 is 0 Å².